The summed E-state index contributed by atoms with van der Waals surface area (Å²) in [6.45, 7) is 2.30. The number of hydrogen-bond acceptors (Lipinski definition) is 4. The number of imidazole rings is 1. The van der Waals surface area contributed by atoms with Gasteiger partial charge in [0.15, 0.2) is 0 Å². The number of esters is 1. The van der Waals surface area contributed by atoms with Crippen molar-refractivity contribution in [2.45, 2.75) is 13.5 Å². The summed E-state index contributed by atoms with van der Waals surface area (Å²) in [6, 6.07) is 9.35. The molecule has 96 valence electrons. The van der Waals surface area contributed by atoms with Crippen molar-refractivity contribution in [1.82, 2.24) is 9.55 Å². The van der Waals surface area contributed by atoms with Gasteiger partial charge in [-0.15, -0.1) is 0 Å². The molecule has 0 fully saturated rings. The molecule has 2 rings (SSSR count). The predicted molar refractivity (Wildman–Crippen MR) is 68.6 cm³/mol. The van der Waals surface area contributed by atoms with E-state index in [4.69, 9.17) is 10.00 Å². The summed E-state index contributed by atoms with van der Waals surface area (Å²) in [5, 5.41) is 8.88. The smallest absolute Gasteiger partial charge is 0.356 e. The summed E-state index contributed by atoms with van der Waals surface area (Å²) in [7, 11) is 1.34. The van der Waals surface area contributed by atoms with E-state index in [1.54, 1.807) is 16.7 Å². The highest BCUT2D eigenvalue weighted by Crippen LogP contribution is 2.12. The maximum absolute atomic E-state index is 11.6. The van der Waals surface area contributed by atoms with E-state index < -0.39 is 5.97 Å². The molecular formula is C14H13N3O2. The van der Waals surface area contributed by atoms with Crippen molar-refractivity contribution in [3.05, 3.63) is 53.1 Å². The fourth-order valence-electron chi connectivity index (χ4n) is 1.86. The van der Waals surface area contributed by atoms with E-state index in [1.165, 1.54) is 13.3 Å². The molecule has 1 aromatic carbocycles. The molecule has 0 unspecified atom stereocenters. The molecule has 5 nitrogen and oxygen atoms in total. The Balaban J connectivity index is 2.35. The predicted octanol–water partition coefficient (Wildman–Crippen LogP) is 1.90. The number of ether oxygens (including phenoxy) is 1. The molecule has 1 heterocycles. The number of carbonyl (C=O) groups is 1. The lowest BCUT2D eigenvalue weighted by atomic mass is 10.1. The molecule has 0 N–H and O–H groups in total. The van der Waals surface area contributed by atoms with Crippen LogP contribution in [0.25, 0.3) is 0 Å². The van der Waals surface area contributed by atoms with Crippen molar-refractivity contribution in [1.29, 1.82) is 5.26 Å². The number of aromatic nitrogens is 2. The van der Waals surface area contributed by atoms with Gasteiger partial charge in [0.25, 0.3) is 0 Å². The monoisotopic (exact) mass is 255 g/mol. The van der Waals surface area contributed by atoms with Gasteiger partial charge in [-0.2, -0.15) is 5.26 Å². The first-order valence-electron chi connectivity index (χ1n) is 5.75. The largest absolute Gasteiger partial charge is 0.464 e. The van der Waals surface area contributed by atoms with Crippen LogP contribution in [-0.2, 0) is 11.3 Å². The molecule has 0 aliphatic carbocycles. The Morgan fingerprint density at radius 1 is 1.53 bits per heavy atom. The Hall–Kier alpha value is -2.61. The second kappa shape index (κ2) is 5.36. The molecule has 0 saturated carbocycles. The number of aryl methyl sites for hydroxylation is 1. The zero-order valence-corrected chi connectivity index (χ0v) is 10.8. The summed E-state index contributed by atoms with van der Waals surface area (Å²) in [5.41, 5.74) is 1.93. The van der Waals surface area contributed by atoms with Crippen LogP contribution in [0.1, 0.15) is 27.4 Å². The Morgan fingerprint density at radius 3 is 3.00 bits per heavy atom. The number of nitrogens with zero attached hydrogens (tertiary/aromatic N) is 3. The number of benzene rings is 1. The lowest BCUT2D eigenvalue weighted by molar-refractivity contribution is 0.0588. The maximum Gasteiger partial charge on any atom is 0.356 e. The number of methoxy groups -OCH3 is 1. The van der Waals surface area contributed by atoms with Gasteiger partial charge in [-0.1, -0.05) is 12.1 Å². The molecule has 0 aliphatic rings. The standard InChI is InChI=1S/C14H13N3O2/c1-10-16-8-13(14(18)19-2)17(10)9-12-5-3-4-11(6-12)7-15/h3-6,8H,9H2,1-2H3. The first-order valence-corrected chi connectivity index (χ1v) is 5.75. The highest BCUT2D eigenvalue weighted by atomic mass is 16.5. The van der Waals surface area contributed by atoms with Gasteiger partial charge in [0.1, 0.15) is 11.5 Å². The van der Waals surface area contributed by atoms with Gasteiger partial charge in [0, 0.05) is 6.54 Å². The Bertz CT molecular complexity index is 653. The fraction of sp³-hybridized carbons (Fsp3) is 0.214. The van der Waals surface area contributed by atoms with Crippen molar-refractivity contribution < 1.29 is 9.53 Å². The molecular weight excluding hydrogens is 242 g/mol. The quantitative estimate of drug-likeness (QED) is 0.785. The highest BCUT2D eigenvalue weighted by Gasteiger charge is 2.15. The van der Waals surface area contributed by atoms with E-state index in [-0.39, 0.29) is 0 Å². The Labute approximate surface area is 111 Å². The minimum absolute atomic E-state index is 0.405. The molecule has 1 aromatic heterocycles. The zero-order valence-electron chi connectivity index (χ0n) is 10.8. The molecule has 2 aromatic rings. The van der Waals surface area contributed by atoms with Crippen LogP contribution >= 0.6 is 0 Å². The normalized spacial score (nSPS) is 9.95. The maximum atomic E-state index is 11.6. The second-order valence-corrected chi connectivity index (χ2v) is 4.08. The molecule has 0 bridgehead atoms. The van der Waals surface area contributed by atoms with E-state index in [0.29, 0.717) is 17.8 Å². The third-order valence-corrected chi connectivity index (χ3v) is 2.85. The topological polar surface area (TPSA) is 67.9 Å². The summed E-state index contributed by atoms with van der Waals surface area (Å²) in [4.78, 5) is 15.7. The van der Waals surface area contributed by atoms with Crippen molar-refractivity contribution >= 4 is 5.97 Å². The van der Waals surface area contributed by atoms with Crippen LogP contribution in [0.4, 0.5) is 0 Å². The van der Waals surface area contributed by atoms with E-state index in [9.17, 15) is 4.79 Å². The van der Waals surface area contributed by atoms with E-state index in [0.717, 1.165) is 11.4 Å². The Kier molecular flexibility index (Phi) is 3.62. The van der Waals surface area contributed by atoms with Gasteiger partial charge in [-0.25, -0.2) is 9.78 Å². The number of rotatable bonds is 3. The number of hydrogen-bond donors (Lipinski definition) is 0. The lowest BCUT2D eigenvalue weighted by Gasteiger charge is -2.09. The minimum atomic E-state index is -0.419. The third kappa shape index (κ3) is 2.63. The zero-order chi connectivity index (χ0) is 13.8. The van der Waals surface area contributed by atoms with Crippen molar-refractivity contribution in [2.75, 3.05) is 7.11 Å². The lowest BCUT2D eigenvalue weighted by Crippen LogP contribution is -2.12. The summed E-state index contributed by atoms with van der Waals surface area (Å²) in [6.07, 6.45) is 1.50. The van der Waals surface area contributed by atoms with Gasteiger partial charge < -0.3 is 9.30 Å². The fourth-order valence-corrected chi connectivity index (χ4v) is 1.86. The molecule has 19 heavy (non-hydrogen) atoms. The average Bonchev–Trinajstić information content (AvgIpc) is 2.80. The third-order valence-electron chi connectivity index (χ3n) is 2.85. The first kappa shape index (κ1) is 12.8. The Morgan fingerprint density at radius 2 is 2.32 bits per heavy atom. The molecule has 0 spiro atoms. The van der Waals surface area contributed by atoms with Gasteiger partial charge >= 0.3 is 5.97 Å². The van der Waals surface area contributed by atoms with Gasteiger partial charge in [0.2, 0.25) is 0 Å². The molecule has 0 aliphatic heterocycles. The van der Waals surface area contributed by atoms with Crippen molar-refractivity contribution in [2.24, 2.45) is 0 Å². The first-order chi connectivity index (χ1) is 9.15. The summed E-state index contributed by atoms with van der Waals surface area (Å²) >= 11 is 0. The van der Waals surface area contributed by atoms with E-state index >= 15 is 0 Å². The SMILES string of the molecule is COC(=O)c1cnc(C)n1Cc1cccc(C#N)c1. The molecule has 5 heteroatoms. The summed E-state index contributed by atoms with van der Waals surface area (Å²) in [5.74, 6) is 0.305. The second-order valence-electron chi connectivity index (χ2n) is 4.08. The van der Waals surface area contributed by atoms with Crippen LogP contribution in [0.15, 0.2) is 30.5 Å². The summed E-state index contributed by atoms with van der Waals surface area (Å²) < 4.78 is 6.49. The molecule has 0 saturated heterocycles. The average molecular weight is 255 g/mol. The van der Waals surface area contributed by atoms with Crippen LogP contribution < -0.4 is 0 Å². The molecule has 0 atom stereocenters. The van der Waals surface area contributed by atoms with Crippen LogP contribution in [0, 0.1) is 18.3 Å². The minimum Gasteiger partial charge on any atom is -0.464 e. The van der Waals surface area contributed by atoms with E-state index in [1.807, 2.05) is 19.1 Å². The van der Waals surface area contributed by atoms with Gasteiger partial charge in [-0.3, -0.25) is 0 Å². The van der Waals surface area contributed by atoms with Crippen molar-refractivity contribution in [3.8, 4) is 6.07 Å². The van der Waals surface area contributed by atoms with E-state index in [2.05, 4.69) is 11.1 Å². The van der Waals surface area contributed by atoms with Crippen molar-refractivity contribution in [3.63, 3.8) is 0 Å². The number of carbonyl (C=O) groups excluding carboxylic acids is 1. The van der Waals surface area contributed by atoms with Gasteiger partial charge in [0.05, 0.1) is 24.9 Å². The molecule has 0 radical (unpaired) electrons. The number of nitriles is 1. The van der Waals surface area contributed by atoms with Crippen LogP contribution in [-0.4, -0.2) is 22.6 Å². The van der Waals surface area contributed by atoms with Crippen LogP contribution in [0.5, 0.6) is 0 Å². The van der Waals surface area contributed by atoms with Crippen LogP contribution in [0.3, 0.4) is 0 Å². The highest BCUT2D eigenvalue weighted by molar-refractivity contribution is 5.87. The molecule has 0 amide bonds. The van der Waals surface area contributed by atoms with Crippen LogP contribution in [0.2, 0.25) is 0 Å². The van der Waals surface area contributed by atoms with Gasteiger partial charge in [-0.05, 0) is 24.6 Å².